The van der Waals surface area contributed by atoms with Gasteiger partial charge >= 0.3 is 6.03 Å². The fraction of sp³-hybridized carbons (Fsp3) is 0.640. The van der Waals surface area contributed by atoms with E-state index < -0.39 is 6.04 Å². The Kier molecular flexibility index (Phi) is 8.21. The van der Waals surface area contributed by atoms with Crippen molar-refractivity contribution in [3.05, 3.63) is 29.8 Å². The Morgan fingerprint density at radius 1 is 0.939 bits per heavy atom. The normalized spacial score (nSPS) is 18.4. The number of methoxy groups -OCH3 is 1. The number of nitrogens with zero attached hydrogens (tertiary/aromatic N) is 2. The maximum atomic E-state index is 13.5. The average molecular weight is 459 g/mol. The molecule has 2 saturated heterocycles. The van der Waals surface area contributed by atoms with Crippen molar-refractivity contribution in [1.29, 1.82) is 0 Å². The zero-order valence-electron chi connectivity index (χ0n) is 20.4. The standard InChI is InChI=1S/C25H38N4O4/c1-25(2,3)27-24(32)29-16-12-18(13-17-29)21(23(31)28-14-6-5-7-15-28)26-22(30)19-8-10-20(33-4)11-9-19/h8-11,18,21H,5-7,12-17H2,1-4H3,(H,26,30)(H,27,32). The van der Waals surface area contributed by atoms with Gasteiger partial charge in [0.2, 0.25) is 5.91 Å². The van der Waals surface area contributed by atoms with Crippen LogP contribution in [-0.2, 0) is 4.79 Å². The second-order valence-corrected chi connectivity index (χ2v) is 10.1. The third kappa shape index (κ3) is 6.85. The van der Waals surface area contributed by atoms with E-state index in [2.05, 4.69) is 10.6 Å². The fourth-order valence-corrected chi connectivity index (χ4v) is 4.49. The molecule has 2 heterocycles. The van der Waals surface area contributed by atoms with Gasteiger partial charge in [0, 0.05) is 37.3 Å². The first-order valence-corrected chi connectivity index (χ1v) is 12.0. The van der Waals surface area contributed by atoms with Crippen LogP contribution in [0.5, 0.6) is 5.75 Å². The van der Waals surface area contributed by atoms with Crippen molar-refractivity contribution in [3.8, 4) is 5.75 Å². The van der Waals surface area contributed by atoms with Crippen LogP contribution in [0.1, 0.15) is 63.2 Å². The summed E-state index contributed by atoms with van der Waals surface area (Å²) in [6.45, 7) is 8.48. The minimum Gasteiger partial charge on any atom is -0.497 e. The number of amides is 4. The average Bonchev–Trinajstić information content (AvgIpc) is 2.81. The van der Waals surface area contributed by atoms with Gasteiger partial charge in [0.15, 0.2) is 0 Å². The molecule has 2 aliphatic rings. The lowest BCUT2D eigenvalue weighted by Crippen LogP contribution is -2.56. The number of hydrogen-bond acceptors (Lipinski definition) is 4. The Hall–Kier alpha value is -2.77. The summed E-state index contributed by atoms with van der Waals surface area (Å²) in [6.07, 6.45) is 4.47. The van der Waals surface area contributed by atoms with E-state index in [0.717, 1.165) is 32.4 Å². The Morgan fingerprint density at radius 2 is 1.55 bits per heavy atom. The molecule has 2 fully saturated rings. The van der Waals surface area contributed by atoms with Crippen LogP contribution in [0.2, 0.25) is 0 Å². The van der Waals surface area contributed by atoms with Gasteiger partial charge < -0.3 is 25.2 Å². The molecule has 2 N–H and O–H groups in total. The maximum Gasteiger partial charge on any atom is 0.317 e. The van der Waals surface area contributed by atoms with Crippen LogP contribution in [0, 0.1) is 5.92 Å². The van der Waals surface area contributed by atoms with Crippen LogP contribution in [0.15, 0.2) is 24.3 Å². The number of hydrogen-bond donors (Lipinski definition) is 2. The monoisotopic (exact) mass is 458 g/mol. The minimum atomic E-state index is -0.592. The number of carbonyl (C=O) groups is 3. The molecule has 0 bridgehead atoms. The van der Waals surface area contributed by atoms with Crippen LogP contribution in [0.25, 0.3) is 0 Å². The Labute approximate surface area is 197 Å². The van der Waals surface area contributed by atoms with Crippen LogP contribution in [0.4, 0.5) is 4.79 Å². The van der Waals surface area contributed by atoms with E-state index >= 15 is 0 Å². The molecule has 3 rings (SSSR count). The third-order valence-electron chi connectivity index (χ3n) is 6.35. The van der Waals surface area contributed by atoms with Gasteiger partial charge in [-0.3, -0.25) is 9.59 Å². The second-order valence-electron chi connectivity index (χ2n) is 10.1. The number of nitrogens with one attached hydrogen (secondary N) is 2. The molecule has 0 saturated carbocycles. The van der Waals surface area contributed by atoms with Gasteiger partial charge in [-0.05, 0) is 83.1 Å². The first kappa shape index (κ1) is 24.9. The lowest BCUT2D eigenvalue weighted by Gasteiger charge is -2.39. The number of ether oxygens (including phenoxy) is 1. The molecule has 8 heteroatoms. The number of rotatable bonds is 5. The highest BCUT2D eigenvalue weighted by molar-refractivity contribution is 5.97. The molecular formula is C25H38N4O4. The molecule has 0 radical (unpaired) electrons. The highest BCUT2D eigenvalue weighted by atomic mass is 16.5. The zero-order valence-corrected chi connectivity index (χ0v) is 20.4. The third-order valence-corrected chi connectivity index (χ3v) is 6.35. The van der Waals surface area contributed by atoms with E-state index in [1.165, 1.54) is 0 Å². The van der Waals surface area contributed by atoms with Gasteiger partial charge in [0.1, 0.15) is 11.8 Å². The van der Waals surface area contributed by atoms with E-state index in [1.807, 2.05) is 25.7 Å². The van der Waals surface area contributed by atoms with Crippen molar-refractivity contribution < 1.29 is 19.1 Å². The molecule has 1 atom stereocenters. The molecule has 1 aromatic carbocycles. The van der Waals surface area contributed by atoms with Crippen molar-refractivity contribution in [2.45, 2.75) is 64.5 Å². The SMILES string of the molecule is COc1ccc(C(=O)NC(C(=O)N2CCCCC2)C2CCN(C(=O)NC(C)(C)C)CC2)cc1. The van der Waals surface area contributed by atoms with Gasteiger partial charge in [0.05, 0.1) is 7.11 Å². The first-order chi connectivity index (χ1) is 15.7. The Morgan fingerprint density at radius 3 is 2.09 bits per heavy atom. The molecule has 0 aliphatic carbocycles. The lowest BCUT2D eigenvalue weighted by molar-refractivity contribution is -0.136. The predicted molar refractivity (Wildman–Crippen MR) is 127 cm³/mol. The summed E-state index contributed by atoms with van der Waals surface area (Å²) in [5.41, 5.74) is 0.196. The number of likely N-dealkylation sites (tertiary alicyclic amines) is 2. The minimum absolute atomic E-state index is 0.00541. The summed E-state index contributed by atoms with van der Waals surface area (Å²) in [6, 6.07) is 6.21. The molecule has 1 aromatic rings. The quantitative estimate of drug-likeness (QED) is 0.710. The fourth-order valence-electron chi connectivity index (χ4n) is 4.49. The van der Waals surface area contributed by atoms with E-state index in [0.29, 0.717) is 37.2 Å². The van der Waals surface area contributed by atoms with Gasteiger partial charge in [-0.25, -0.2) is 4.79 Å². The van der Waals surface area contributed by atoms with E-state index in [9.17, 15) is 14.4 Å². The Balaban J connectivity index is 1.70. The van der Waals surface area contributed by atoms with Crippen LogP contribution < -0.4 is 15.4 Å². The molecule has 182 valence electrons. The van der Waals surface area contributed by atoms with Gasteiger partial charge in [-0.1, -0.05) is 0 Å². The molecule has 4 amide bonds. The van der Waals surface area contributed by atoms with Crippen molar-refractivity contribution in [1.82, 2.24) is 20.4 Å². The summed E-state index contributed by atoms with van der Waals surface area (Å²) in [5, 5.41) is 6.03. The van der Waals surface area contributed by atoms with Crippen molar-refractivity contribution in [2.24, 2.45) is 5.92 Å². The number of urea groups is 1. The van der Waals surface area contributed by atoms with E-state index in [4.69, 9.17) is 4.74 Å². The molecule has 8 nitrogen and oxygen atoms in total. The van der Waals surface area contributed by atoms with Crippen LogP contribution in [0.3, 0.4) is 0 Å². The first-order valence-electron chi connectivity index (χ1n) is 12.0. The van der Waals surface area contributed by atoms with E-state index in [-0.39, 0.29) is 29.3 Å². The summed E-state index contributed by atoms with van der Waals surface area (Å²) in [7, 11) is 1.58. The Bertz CT molecular complexity index is 820. The number of piperidine rings is 2. The summed E-state index contributed by atoms with van der Waals surface area (Å²) < 4.78 is 5.17. The smallest absolute Gasteiger partial charge is 0.317 e. The summed E-state index contributed by atoms with van der Waals surface area (Å²) >= 11 is 0. The molecule has 0 spiro atoms. The van der Waals surface area contributed by atoms with Gasteiger partial charge in [-0.15, -0.1) is 0 Å². The van der Waals surface area contributed by atoms with E-state index in [1.54, 1.807) is 36.3 Å². The second kappa shape index (κ2) is 10.9. The predicted octanol–water partition coefficient (Wildman–Crippen LogP) is 3.03. The largest absolute Gasteiger partial charge is 0.497 e. The molecule has 33 heavy (non-hydrogen) atoms. The van der Waals surface area contributed by atoms with Crippen molar-refractivity contribution in [2.75, 3.05) is 33.3 Å². The van der Waals surface area contributed by atoms with Crippen molar-refractivity contribution >= 4 is 17.8 Å². The zero-order chi connectivity index (χ0) is 24.0. The van der Waals surface area contributed by atoms with Gasteiger partial charge in [0.25, 0.3) is 5.91 Å². The highest BCUT2D eigenvalue weighted by Crippen LogP contribution is 2.24. The van der Waals surface area contributed by atoms with Crippen molar-refractivity contribution in [3.63, 3.8) is 0 Å². The van der Waals surface area contributed by atoms with Gasteiger partial charge in [-0.2, -0.15) is 0 Å². The van der Waals surface area contributed by atoms with Crippen LogP contribution in [-0.4, -0.2) is 72.5 Å². The molecular weight excluding hydrogens is 420 g/mol. The van der Waals surface area contributed by atoms with Crippen LogP contribution >= 0.6 is 0 Å². The topological polar surface area (TPSA) is 91.0 Å². The number of benzene rings is 1. The maximum absolute atomic E-state index is 13.5. The highest BCUT2D eigenvalue weighted by Gasteiger charge is 2.36. The lowest BCUT2D eigenvalue weighted by atomic mass is 9.88. The molecule has 1 unspecified atom stereocenters. The number of carbonyl (C=O) groups excluding carboxylic acids is 3. The summed E-state index contributed by atoms with van der Waals surface area (Å²) in [5.74, 6) is 0.392. The molecule has 0 aromatic heterocycles. The molecule has 2 aliphatic heterocycles. The summed E-state index contributed by atoms with van der Waals surface area (Å²) in [4.78, 5) is 42.7.